The predicted octanol–water partition coefficient (Wildman–Crippen LogP) is 4.45. The van der Waals surface area contributed by atoms with Crippen LogP contribution in [0, 0.1) is 5.92 Å². The molecule has 0 saturated carbocycles. The largest absolute Gasteiger partial charge is 0.508 e. The summed E-state index contributed by atoms with van der Waals surface area (Å²) in [5.74, 6) is 0.0119. The molecule has 35 heavy (non-hydrogen) atoms. The number of hydrogen-bond acceptors (Lipinski definition) is 5. The number of aromatic hydroxyl groups is 1. The van der Waals surface area contributed by atoms with Crippen molar-refractivity contribution in [3.05, 3.63) is 65.7 Å². The lowest BCUT2D eigenvalue weighted by Crippen LogP contribution is -2.56. The number of carbonyl (C=O) groups is 2. The molecule has 0 radical (unpaired) electrons. The molecule has 0 aliphatic carbocycles. The lowest BCUT2D eigenvalue weighted by atomic mass is 9.67. The van der Waals surface area contributed by atoms with Gasteiger partial charge in [0, 0.05) is 6.54 Å². The number of hydrogen-bond donors (Lipinski definition) is 2. The fraction of sp³-hybridized carbons (Fsp3) is 0.517. The van der Waals surface area contributed by atoms with Crippen LogP contribution in [-0.4, -0.2) is 54.2 Å². The number of esters is 1. The van der Waals surface area contributed by atoms with Gasteiger partial charge in [0.25, 0.3) is 0 Å². The highest BCUT2D eigenvalue weighted by atomic mass is 16.5. The molecule has 2 N–H and O–H groups in total. The first-order chi connectivity index (χ1) is 16.8. The second-order valence-electron chi connectivity index (χ2n) is 9.96. The summed E-state index contributed by atoms with van der Waals surface area (Å²) >= 11 is 0. The minimum atomic E-state index is -0.392. The third kappa shape index (κ3) is 7.31. The van der Waals surface area contributed by atoms with Gasteiger partial charge in [0.15, 0.2) is 0 Å². The first-order valence-electron chi connectivity index (χ1n) is 12.8. The molecular formula is C29H40N2O4. The number of nitrogens with one attached hydrogen (secondary N) is 1. The van der Waals surface area contributed by atoms with Crippen LogP contribution >= 0.6 is 0 Å². The van der Waals surface area contributed by atoms with E-state index in [0.717, 1.165) is 49.9 Å². The number of ether oxygens (including phenoxy) is 1. The van der Waals surface area contributed by atoms with Crippen molar-refractivity contribution in [2.24, 2.45) is 5.92 Å². The van der Waals surface area contributed by atoms with Gasteiger partial charge in [0.05, 0.1) is 12.6 Å². The molecule has 1 aliphatic rings. The van der Waals surface area contributed by atoms with Crippen molar-refractivity contribution in [2.45, 2.75) is 64.3 Å². The van der Waals surface area contributed by atoms with Gasteiger partial charge >= 0.3 is 5.97 Å². The van der Waals surface area contributed by atoms with Crippen LogP contribution in [0.5, 0.6) is 5.75 Å². The van der Waals surface area contributed by atoms with Crippen LogP contribution in [-0.2, 0) is 26.2 Å². The third-order valence-corrected chi connectivity index (χ3v) is 7.45. The quantitative estimate of drug-likeness (QED) is 0.367. The van der Waals surface area contributed by atoms with Gasteiger partial charge in [-0.05, 0) is 60.4 Å². The van der Waals surface area contributed by atoms with Gasteiger partial charge < -0.3 is 15.2 Å². The fourth-order valence-corrected chi connectivity index (χ4v) is 4.93. The SMILES string of the molecule is CCCCCOC(=O)CNC(=O)C(Cc1ccccc1)N1CCC(C)(c2cccc(O)c2)C(C)C1. The number of phenols is 1. The molecule has 190 valence electrons. The Bertz CT molecular complexity index is 964. The highest BCUT2D eigenvalue weighted by Gasteiger charge is 2.41. The molecule has 3 rings (SSSR count). The average Bonchev–Trinajstić information content (AvgIpc) is 2.86. The Hall–Kier alpha value is -2.86. The van der Waals surface area contributed by atoms with Crippen molar-refractivity contribution in [2.75, 3.05) is 26.2 Å². The summed E-state index contributed by atoms with van der Waals surface area (Å²) in [5, 5.41) is 12.8. The Labute approximate surface area is 209 Å². The second-order valence-corrected chi connectivity index (χ2v) is 9.96. The fourth-order valence-electron chi connectivity index (χ4n) is 4.93. The summed E-state index contributed by atoms with van der Waals surface area (Å²) in [7, 11) is 0. The number of amides is 1. The Kier molecular flexibility index (Phi) is 9.73. The molecule has 0 bridgehead atoms. The van der Waals surface area contributed by atoms with E-state index in [4.69, 9.17) is 4.74 Å². The van der Waals surface area contributed by atoms with E-state index >= 15 is 0 Å². The van der Waals surface area contributed by atoms with E-state index in [1.54, 1.807) is 6.07 Å². The minimum absolute atomic E-state index is 0.0920. The number of nitrogens with zero attached hydrogens (tertiary/aromatic N) is 1. The minimum Gasteiger partial charge on any atom is -0.508 e. The van der Waals surface area contributed by atoms with Crippen molar-refractivity contribution in [3.8, 4) is 5.75 Å². The van der Waals surface area contributed by atoms with Gasteiger partial charge in [-0.3, -0.25) is 14.5 Å². The van der Waals surface area contributed by atoms with E-state index in [0.29, 0.717) is 13.0 Å². The van der Waals surface area contributed by atoms with E-state index in [1.165, 1.54) is 0 Å². The molecule has 1 heterocycles. The number of rotatable bonds is 11. The number of benzene rings is 2. The molecule has 1 aliphatic heterocycles. The molecule has 3 unspecified atom stereocenters. The first kappa shape index (κ1) is 26.7. The molecule has 1 amide bonds. The van der Waals surface area contributed by atoms with Crippen LogP contribution < -0.4 is 5.32 Å². The van der Waals surface area contributed by atoms with Gasteiger partial charge in [0.1, 0.15) is 12.3 Å². The highest BCUT2D eigenvalue weighted by Crippen LogP contribution is 2.40. The van der Waals surface area contributed by atoms with Crippen LogP contribution in [0.2, 0.25) is 0 Å². The van der Waals surface area contributed by atoms with Gasteiger partial charge in [-0.25, -0.2) is 0 Å². The predicted molar refractivity (Wildman–Crippen MR) is 138 cm³/mol. The molecule has 1 fully saturated rings. The highest BCUT2D eigenvalue weighted by molar-refractivity contribution is 5.86. The number of piperidine rings is 1. The Morgan fingerprint density at radius 2 is 1.94 bits per heavy atom. The summed E-state index contributed by atoms with van der Waals surface area (Å²) in [6, 6.07) is 17.1. The third-order valence-electron chi connectivity index (χ3n) is 7.45. The van der Waals surface area contributed by atoms with Gasteiger partial charge in [-0.1, -0.05) is 76.1 Å². The lowest BCUT2D eigenvalue weighted by molar-refractivity contribution is -0.144. The molecule has 2 aromatic rings. The number of unbranched alkanes of at least 4 members (excludes halogenated alkanes) is 2. The summed E-state index contributed by atoms with van der Waals surface area (Å²) in [6.45, 7) is 8.34. The zero-order valence-corrected chi connectivity index (χ0v) is 21.3. The van der Waals surface area contributed by atoms with Gasteiger partial charge in [-0.2, -0.15) is 0 Å². The topological polar surface area (TPSA) is 78.9 Å². The summed E-state index contributed by atoms with van der Waals surface area (Å²) in [4.78, 5) is 27.7. The van der Waals surface area contributed by atoms with Crippen LogP contribution in [0.25, 0.3) is 0 Å². The van der Waals surface area contributed by atoms with Crippen molar-refractivity contribution in [1.82, 2.24) is 10.2 Å². The smallest absolute Gasteiger partial charge is 0.325 e. The molecule has 3 atom stereocenters. The molecule has 0 aromatic heterocycles. The maximum absolute atomic E-state index is 13.3. The standard InChI is InChI=1S/C29H40N2O4/c1-4-5-9-17-35-27(33)20-30-28(34)26(18-23-11-7-6-8-12-23)31-16-15-29(3,22(2)21-31)24-13-10-14-25(32)19-24/h6-8,10-14,19,22,26,32H,4-5,9,15-18,20-21H2,1-3H3,(H,30,34). The van der Waals surface area contributed by atoms with E-state index in [1.807, 2.05) is 42.5 Å². The van der Waals surface area contributed by atoms with E-state index in [9.17, 15) is 14.7 Å². The number of carbonyl (C=O) groups excluding carboxylic acids is 2. The van der Waals surface area contributed by atoms with Crippen LogP contribution in [0.3, 0.4) is 0 Å². The van der Waals surface area contributed by atoms with Crippen molar-refractivity contribution < 1.29 is 19.4 Å². The molecule has 6 heteroatoms. The van der Waals surface area contributed by atoms with Crippen molar-refractivity contribution >= 4 is 11.9 Å². The molecule has 2 aromatic carbocycles. The number of phenolic OH excluding ortho intramolecular Hbond substituents is 1. The summed E-state index contributed by atoms with van der Waals surface area (Å²) in [5.41, 5.74) is 2.12. The van der Waals surface area contributed by atoms with E-state index in [2.05, 4.69) is 37.1 Å². The second kappa shape index (κ2) is 12.7. The van der Waals surface area contributed by atoms with Crippen molar-refractivity contribution in [3.63, 3.8) is 0 Å². The maximum Gasteiger partial charge on any atom is 0.325 e. The van der Waals surface area contributed by atoms with E-state index < -0.39 is 5.97 Å². The average molecular weight is 481 g/mol. The zero-order valence-electron chi connectivity index (χ0n) is 21.3. The molecular weight excluding hydrogens is 440 g/mol. The Morgan fingerprint density at radius 3 is 2.63 bits per heavy atom. The van der Waals surface area contributed by atoms with Crippen molar-refractivity contribution in [1.29, 1.82) is 0 Å². The lowest BCUT2D eigenvalue weighted by Gasteiger charge is -2.47. The zero-order chi connectivity index (χ0) is 25.3. The maximum atomic E-state index is 13.3. The number of likely N-dealkylation sites (tertiary alicyclic amines) is 1. The van der Waals surface area contributed by atoms with Gasteiger partial charge in [-0.15, -0.1) is 0 Å². The molecule has 6 nitrogen and oxygen atoms in total. The van der Waals surface area contributed by atoms with E-state index in [-0.39, 0.29) is 35.6 Å². The summed E-state index contributed by atoms with van der Waals surface area (Å²) in [6.07, 6.45) is 4.38. The van der Waals surface area contributed by atoms with Crippen LogP contribution in [0.15, 0.2) is 54.6 Å². The molecule has 1 saturated heterocycles. The molecule has 0 spiro atoms. The summed E-state index contributed by atoms with van der Waals surface area (Å²) < 4.78 is 5.25. The van der Waals surface area contributed by atoms with Crippen LogP contribution in [0.1, 0.15) is 57.6 Å². The Morgan fingerprint density at radius 1 is 1.17 bits per heavy atom. The normalized spacial score (nSPS) is 21.3. The Balaban J connectivity index is 1.68. The monoisotopic (exact) mass is 480 g/mol. The van der Waals surface area contributed by atoms with Gasteiger partial charge in [0.2, 0.25) is 5.91 Å². The first-order valence-corrected chi connectivity index (χ1v) is 12.8. The van der Waals surface area contributed by atoms with Crippen LogP contribution in [0.4, 0.5) is 0 Å².